The van der Waals surface area contributed by atoms with Gasteiger partial charge >= 0.3 is 0 Å². The van der Waals surface area contributed by atoms with Crippen LogP contribution in [0.1, 0.15) is 32.3 Å². The molecule has 26 heavy (non-hydrogen) atoms. The number of carbonyl (C=O) groups excluding carboxylic acids is 1. The Morgan fingerprint density at radius 3 is 2.62 bits per heavy atom. The van der Waals surface area contributed by atoms with Crippen molar-refractivity contribution in [1.29, 1.82) is 0 Å². The molecule has 0 unspecified atom stereocenters. The van der Waals surface area contributed by atoms with Crippen molar-refractivity contribution >= 4 is 17.7 Å². The zero-order chi connectivity index (χ0) is 18.9. The second-order valence-electron chi connectivity index (χ2n) is 7.66. The van der Waals surface area contributed by atoms with Gasteiger partial charge in [-0.25, -0.2) is 0 Å². The second kappa shape index (κ2) is 10.8. The predicted octanol–water partition coefficient (Wildman–Crippen LogP) is 3.75. The van der Waals surface area contributed by atoms with Gasteiger partial charge in [0.05, 0.1) is 12.9 Å². The van der Waals surface area contributed by atoms with Crippen LogP contribution in [0.3, 0.4) is 0 Å². The third kappa shape index (κ3) is 6.51. The first-order valence-electron chi connectivity index (χ1n) is 9.64. The summed E-state index contributed by atoms with van der Waals surface area (Å²) in [6.45, 7) is 9.30. The summed E-state index contributed by atoms with van der Waals surface area (Å²) in [7, 11) is 1.74. The molecule has 0 aromatic heterocycles. The Morgan fingerprint density at radius 2 is 2.00 bits per heavy atom. The van der Waals surface area contributed by atoms with Gasteiger partial charge in [-0.05, 0) is 50.1 Å². The van der Waals surface area contributed by atoms with Gasteiger partial charge in [0.2, 0.25) is 5.91 Å². The van der Waals surface area contributed by atoms with E-state index in [2.05, 4.69) is 35.8 Å². The molecule has 0 aliphatic carbocycles. The number of ether oxygens (including phenoxy) is 1. The summed E-state index contributed by atoms with van der Waals surface area (Å²) in [5.74, 6) is 3.00. The smallest absolute Gasteiger partial charge is 0.232 e. The highest BCUT2D eigenvalue weighted by Crippen LogP contribution is 2.24. The van der Waals surface area contributed by atoms with Crippen molar-refractivity contribution in [2.75, 3.05) is 45.3 Å². The van der Waals surface area contributed by atoms with E-state index >= 15 is 0 Å². The van der Waals surface area contributed by atoms with Gasteiger partial charge < -0.3 is 9.64 Å². The van der Waals surface area contributed by atoms with Crippen LogP contribution in [0.2, 0.25) is 0 Å². The Labute approximate surface area is 163 Å². The van der Waals surface area contributed by atoms with Gasteiger partial charge in [-0.2, -0.15) is 11.8 Å². The molecule has 0 saturated carbocycles. The summed E-state index contributed by atoms with van der Waals surface area (Å²) in [4.78, 5) is 17.0. The monoisotopic (exact) mass is 378 g/mol. The fraction of sp³-hybridized carbons (Fsp3) is 0.667. The summed E-state index contributed by atoms with van der Waals surface area (Å²) in [5, 5.41) is 0. The third-order valence-electron chi connectivity index (χ3n) is 4.98. The van der Waals surface area contributed by atoms with Crippen molar-refractivity contribution in [2.24, 2.45) is 11.8 Å². The first-order chi connectivity index (χ1) is 12.5. The summed E-state index contributed by atoms with van der Waals surface area (Å²) in [6, 6.07) is 8.27. The van der Waals surface area contributed by atoms with Gasteiger partial charge in [0, 0.05) is 25.2 Å². The van der Waals surface area contributed by atoms with E-state index in [1.165, 1.54) is 5.56 Å². The van der Waals surface area contributed by atoms with Crippen LogP contribution in [0.25, 0.3) is 0 Å². The molecular weight excluding hydrogens is 344 g/mol. The number of rotatable bonds is 9. The largest absolute Gasteiger partial charge is 0.496 e. The van der Waals surface area contributed by atoms with Gasteiger partial charge in [0.15, 0.2) is 0 Å². The summed E-state index contributed by atoms with van der Waals surface area (Å²) < 4.78 is 5.47. The first kappa shape index (κ1) is 21.1. The Balaban J connectivity index is 1.85. The fourth-order valence-electron chi connectivity index (χ4n) is 3.65. The lowest BCUT2D eigenvalue weighted by atomic mass is 9.95. The molecule has 0 radical (unpaired) electrons. The molecule has 0 atom stereocenters. The van der Waals surface area contributed by atoms with E-state index in [0.29, 0.717) is 23.5 Å². The predicted molar refractivity (Wildman–Crippen MR) is 111 cm³/mol. The SMILES string of the molecule is COc1ccccc1CN1CCC(CN(CC(C)C)C(=O)CSC)CC1. The maximum absolute atomic E-state index is 12.4. The standard InChI is InChI=1S/C21H34N2O2S/c1-17(2)13-23(21(24)16-26-4)14-18-9-11-22(12-10-18)15-19-7-5-6-8-20(19)25-3/h5-8,17-18H,9-16H2,1-4H3. The van der Waals surface area contributed by atoms with Crippen LogP contribution in [0.4, 0.5) is 0 Å². The van der Waals surface area contributed by atoms with Crippen LogP contribution < -0.4 is 4.74 Å². The highest BCUT2D eigenvalue weighted by molar-refractivity contribution is 7.99. The van der Waals surface area contributed by atoms with Crippen molar-refractivity contribution in [3.63, 3.8) is 0 Å². The van der Waals surface area contributed by atoms with Crippen LogP contribution in [-0.2, 0) is 11.3 Å². The normalized spacial score (nSPS) is 16.0. The molecule has 1 heterocycles. The van der Waals surface area contributed by atoms with Gasteiger partial charge in [-0.15, -0.1) is 0 Å². The number of para-hydroxylation sites is 1. The van der Waals surface area contributed by atoms with E-state index in [4.69, 9.17) is 4.74 Å². The molecule has 2 rings (SSSR count). The molecule has 1 amide bonds. The van der Waals surface area contributed by atoms with E-state index in [1.54, 1.807) is 18.9 Å². The van der Waals surface area contributed by atoms with Crippen molar-refractivity contribution in [3.8, 4) is 5.75 Å². The van der Waals surface area contributed by atoms with Crippen LogP contribution in [0, 0.1) is 11.8 Å². The molecular formula is C21H34N2O2S. The number of benzene rings is 1. The number of likely N-dealkylation sites (tertiary alicyclic amines) is 1. The average Bonchev–Trinajstić information content (AvgIpc) is 2.63. The minimum Gasteiger partial charge on any atom is -0.496 e. The molecule has 0 spiro atoms. The van der Waals surface area contributed by atoms with Crippen molar-refractivity contribution < 1.29 is 9.53 Å². The summed E-state index contributed by atoms with van der Waals surface area (Å²) >= 11 is 1.62. The van der Waals surface area contributed by atoms with E-state index < -0.39 is 0 Å². The lowest BCUT2D eigenvalue weighted by Gasteiger charge is -2.35. The second-order valence-corrected chi connectivity index (χ2v) is 8.52. The minimum atomic E-state index is 0.294. The van der Waals surface area contributed by atoms with Crippen molar-refractivity contribution in [3.05, 3.63) is 29.8 Å². The maximum Gasteiger partial charge on any atom is 0.232 e. The molecule has 1 aromatic rings. The van der Waals surface area contributed by atoms with Crippen molar-refractivity contribution in [1.82, 2.24) is 9.80 Å². The van der Waals surface area contributed by atoms with Gasteiger partial charge in [-0.1, -0.05) is 32.0 Å². The van der Waals surface area contributed by atoms with E-state index in [0.717, 1.165) is 51.3 Å². The molecule has 1 aliphatic heterocycles. The Kier molecular flexibility index (Phi) is 8.79. The third-order valence-corrected chi connectivity index (χ3v) is 5.51. The molecule has 1 aliphatic rings. The van der Waals surface area contributed by atoms with Gasteiger partial charge in [0.25, 0.3) is 0 Å². The summed E-state index contributed by atoms with van der Waals surface area (Å²) in [5.41, 5.74) is 1.25. The maximum atomic E-state index is 12.4. The average molecular weight is 379 g/mol. The van der Waals surface area contributed by atoms with Crippen molar-refractivity contribution in [2.45, 2.75) is 33.2 Å². The molecule has 1 aromatic carbocycles. The zero-order valence-corrected chi connectivity index (χ0v) is 17.6. The Morgan fingerprint density at radius 1 is 1.31 bits per heavy atom. The quantitative estimate of drug-likeness (QED) is 0.655. The van der Waals surface area contributed by atoms with E-state index in [9.17, 15) is 4.79 Å². The van der Waals surface area contributed by atoms with Crippen LogP contribution in [0.15, 0.2) is 24.3 Å². The molecule has 0 N–H and O–H groups in total. The molecule has 146 valence electrons. The highest BCUT2D eigenvalue weighted by Gasteiger charge is 2.24. The minimum absolute atomic E-state index is 0.294. The number of thioether (sulfide) groups is 1. The molecule has 5 heteroatoms. The number of nitrogens with zero attached hydrogens (tertiary/aromatic N) is 2. The molecule has 1 saturated heterocycles. The van der Waals surface area contributed by atoms with Crippen LogP contribution >= 0.6 is 11.8 Å². The van der Waals surface area contributed by atoms with Crippen LogP contribution in [0.5, 0.6) is 5.75 Å². The fourth-order valence-corrected chi connectivity index (χ4v) is 4.08. The zero-order valence-electron chi connectivity index (χ0n) is 16.7. The number of piperidine rings is 1. The first-order valence-corrected chi connectivity index (χ1v) is 11.0. The lowest BCUT2D eigenvalue weighted by Crippen LogP contribution is -2.42. The van der Waals surface area contributed by atoms with Gasteiger partial charge in [0.1, 0.15) is 5.75 Å². The van der Waals surface area contributed by atoms with E-state index in [1.807, 2.05) is 18.4 Å². The number of carbonyl (C=O) groups is 1. The topological polar surface area (TPSA) is 32.8 Å². The van der Waals surface area contributed by atoms with Gasteiger partial charge in [-0.3, -0.25) is 9.69 Å². The lowest BCUT2D eigenvalue weighted by molar-refractivity contribution is -0.129. The summed E-state index contributed by atoms with van der Waals surface area (Å²) in [6.07, 6.45) is 4.33. The Hall–Kier alpha value is -1.20. The van der Waals surface area contributed by atoms with E-state index in [-0.39, 0.29) is 0 Å². The number of hydrogen-bond donors (Lipinski definition) is 0. The number of amides is 1. The highest BCUT2D eigenvalue weighted by atomic mass is 32.2. The Bertz CT molecular complexity index is 557. The molecule has 4 nitrogen and oxygen atoms in total. The van der Waals surface area contributed by atoms with Crippen LogP contribution in [-0.4, -0.2) is 61.0 Å². The molecule has 0 bridgehead atoms. The number of methoxy groups -OCH3 is 1. The molecule has 1 fully saturated rings. The number of hydrogen-bond acceptors (Lipinski definition) is 4.